The lowest BCUT2D eigenvalue weighted by atomic mass is 10.0. The average Bonchev–Trinajstić information content (AvgIpc) is 2.41. The first-order valence-corrected chi connectivity index (χ1v) is 6.37. The van der Waals surface area contributed by atoms with Gasteiger partial charge in [0, 0.05) is 12.1 Å². The summed E-state index contributed by atoms with van der Waals surface area (Å²) in [4.78, 5) is 24.7. The molecule has 0 unspecified atom stereocenters. The lowest BCUT2D eigenvalue weighted by Gasteiger charge is -2.33. The van der Waals surface area contributed by atoms with Gasteiger partial charge in [-0.05, 0) is 37.5 Å². The van der Waals surface area contributed by atoms with Crippen LogP contribution in [0.2, 0.25) is 5.02 Å². The molecule has 0 aromatic heterocycles. The topological polar surface area (TPSA) is 57.6 Å². The van der Waals surface area contributed by atoms with Gasteiger partial charge in [0.25, 0.3) is 5.91 Å². The van der Waals surface area contributed by atoms with Crippen molar-refractivity contribution in [1.82, 2.24) is 4.90 Å². The summed E-state index contributed by atoms with van der Waals surface area (Å²) in [6, 6.07) is 2.84. The maximum atomic E-state index is 13.1. The van der Waals surface area contributed by atoms with Crippen molar-refractivity contribution in [2.75, 3.05) is 6.54 Å². The highest BCUT2D eigenvalue weighted by atomic mass is 35.5. The molecular formula is C13H13ClFNO3. The second kappa shape index (κ2) is 5.57. The molecule has 2 rings (SSSR count). The molecule has 19 heavy (non-hydrogen) atoms. The van der Waals surface area contributed by atoms with Crippen molar-refractivity contribution in [3.63, 3.8) is 0 Å². The Hall–Kier alpha value is -1.62. The van der Waals surface area contributed by atoms with Crippen LogP contribution in [0.4, 0.5) is 4.39 Å². The van der Waals surface area contributed by atoms with E-state index in [2.05, 4.69) is 0 Å². The van der Waals surface area contributed by atoms with Crippen LogP contribution in [0.25, 0.3) is 0 Å². The Kier molecular flexibility index (Phi) is 4.04. The van der Waals surface area contributed by atoms with E-state index in [1.165, 1.54) is 17.0 Å². The third-order valence-electron chi connectivity index (χ3n) is 3.22. The van der Waals surface area contributed by atoms with Gasteiger partial charge in [0.15, 0.2) is 0 Å². The molecule has 1 aliphatic rings. The zero-order valence-electron chi connectivity index (χ0n) is 10.1. The quantitative estimate of drug-likeness (QED) is 0.908. The Bertz CT molecular complexity index is 521. The van der Waals surface area contributed by atoms with E-state index in [9.17, 15) is 14.0 Å². The highest BCUT2D eigenvalue weighted by Gasteiger charge is 2.32. The van der Waals surface area contributed by atoms with E-state index in [-0.39, 0.29) is 10.6 Å². The lowest BCUT2D eigenvalue weighted by molar-refractivity contribution is -0.143. The highest BCUT2D eigenvalue weighted by Crippen LogP contribution is 2.22. The lowest BCUT2D eigenvalue weighted by Crippen LogP contribution is -2.47. The minimum atomic E-state index is -1.01. The maximum absolute atomic E-state index is 13.1. The number of amides is 1. The van der Waals surface area contributed by atoms with E-state index < -0.39 is 23.7 Å². The van der Waals surface area contributed by atoms with E-state index in [1.54, 1.807) is 0 Å². The number of likely N-dealkylation sites (tertiary alicyclic amines) is 1. The molecule has 0 aliphatic carbocycles. The van der Waals surface area contributed by atoms with Gasteiger partial charge in [0.05, 0.1) is 5.02 Å². The van der Waals surface area contributed by atoms with Crippen LogP contribution in [-0.4, -0.2) is 34.5 Å². The molecule has 1 N–H and O–H groups in total. The van der Waals surface area contributed by atoms with Crippen molar-refractivity contribution in [2.45, 2.75) is 25.3 Å². The standard InChI is InChI=1S/C13H13ClFNO3/c14-9-7-8(4-5-10(9)15)12(17)16-6-2-1-3-11(16)13(18)19/h4-5,7,11H,1-3,6H2,(H,18,19)/t11-/m1/s1. The number of piperidine rings is 1. The second-order valence-corrected chi connectivity index (χ2v) is 4.88. The zero-order valence-corrected chi connectivity index (χ0v) is 10.9. The predicted octanol–water partition coefficient (Wildman–Crippen LogP) is 2.56. The number of carbonyl (C=O) groups excluding carboxylic acids is 1. The summed E-state index contributed by atoms with van der Waals surface area (Å²) in [5, 5.41) is 8.98. The third-order valence-corrected chi connectivity index (χ3v) is 3.50. The van der Waals surface area contributed by atoms with Crippen molar-refractivity contribution in [3.05, 3.63) is 34.6 Å². The summed E-state index contributed by atoms with van der Waals surface area (Å²) in [5.41, 5.74) is 0.208. The summed E-state index contributed by atoms with van der Waals surface area (Å²) >= 11 is 5.63. The van der Waals surface area contributed by atoms with Crippen molar-refractivity contribution in [3.8, 4) is 0 Å². The first kappa shape index (κ1) is 13.8. The Morgan fingerprint density at radius 2 is 2.11 bits per heavy atom. The number of nitrogens with zero attached hydrogens (tertiary/aromatic N) is 1. The average molecular weight is 286 g/mol. The first-order chi connectivity index (χ1) is 9.00. The number of aliphatic carboxylic acids is 1. The fraction of sp³-hybridized carbons (Fsp3) is 0.385. The molecule has 1 atom stereocenters. The van der Waals surface area contributed by atoms with E-state index in [1.807, 2.05) is 0 Å². The van der Waals surface area contributed by atoms with Crippen LogP contribution in [0.1, 0.15) is 29.6 Å². The SMILES string of the molecule is O=C(O)[C@H]1CCCCN1C(=O)c1ccc(F)c(Cl)c1. The monoisotopic (exact) mass is 285 g/mol. The number of carboxylic acid groups (broad SMARTS) is 1. The molecule has 1 aromatic carbocycles. The molecule has 102 valence electrons. The maximum Gasteiger partial charge on any atom is 0.326 e. The molecule has 4 nitrogen and oxygen atoms in total. The Balaban J connectivity index is 2.26. The minimum Gasteiger partial charge on any atom is -0.480 e. The number of carbonyl (C=O) groups is 2. The van der Waals surface area contributed by atoms with Gasteiger partial charge in [-0.3, -0.25) is 4.79 Å². The van der Waals surface area contributed by atoms with Gasteiger partial charge in [-0.1, -0.05) is 11.6 Å². The van der Waals surface area contributed by atoms with Crippen molar-refractivity contribution in [2.24, 2.45) is 0 Å². The number of rotatable bonds is 2. The molecule has 0 bridgehead atoms. The predicted molar refractivity (Wildman–Crippen MR) is 67.7 cm³/mol. The molecule has 0 spiro atoms. The molecule has 1 fully saturated rings. The van der Waals surface area contributed by atoms with Crippen molar-refractivity contribution >= 4 is 23.5 Å². The zero-order chi connectivity index (χ0) is 14.0. The van der Waals surface area contributed by atoms with Crippen LogP contribution >= 0.6 is 11.6 Å². The molecule has 1 aliphatic heterocycles. The van der Waals surface area contributed by atoms with Crippen LogP contribution in [0, 0.1) is 5.82 Å². The van der Waals surface area contributed by atoms with E-state index in [4.69, 9.17) is 16.7 Å². The van der Waals surface area contributed by atoms with Gasteiger partial charge in [-0.15, -0.1) is 0 Å². The molecule has 1 heterocycles. The van der Waals surface area contributed by atoms with E-state index in [0.717, 1.165) is 18.9 Å². The van der Waals surface area contributed by atoms with Crippen molar-refractivity contribution in [1.29, 1.82) is 0 Å². The Morgan fingerprint density at radius 3 is 2.74 bits per heavy atom. The van der Waals surface area contributed by atoms with Gasteiger partial charge < -0.3 is 10.0 Å². The van der Waals surface area contributed by atoms with Gasteiger partial charge in [-0.2, -0.15) is 0 Å². The summed E-state index contributed by atoms with van der Waals surface area (Å²) in [7, 11) is 0. The summed E-state index contributed by atoms with van der Waals surface area (Å²) in [5.74, 6) is -2.04. The van der Waals surface area contributed by atoms with Crippen LogP contribution in [0.5, 0.6) is 0 Å². The Morgan fingerprint density at radius 1 is 1.37 bits per heavy atom. The summed E-state index contributed by atoms with van der Waals surface area (Å²) in [6.07, 6.45) is 1.99. The van der Waals surface area contributed by atoms with Crippen LogP contribution in [-0.2, 0) is 4.79 Å². The molecule has 0 saturated carbocycles. The van der Waals surface area contributed by atoms with Gasteiger partial charge in [-0.25, -0.2) is 9.18 Å². The summed E-state index contributed by atoms with van der Waals surface area (Å²) < 4.78 is 13.1. The van der Waals surface area contributed by atoms with Gasteiger partial charge >= 0.3 is 5.97 Å². The Labute approximate surface area is 114 Å². The van der Waals surface area contributed by atoms with E-state index >= 15 is 0 Å². The van der Waals surface area contributed by atoms with Crippen molar-refractivity contribution < 1.29 is 19.1 Å². The molecule has 1 amide bonds. The fourth-order valence-corrected chi connectivity index (χ4v) is 2.41. The van der Waals surface area contributed by atoms with Gasteiger partial charge in [0.2, 0.25) is 0 Å². The first-order valence-electron chi connectivity index (χ1n) is 5.99. The third kappa shape index (κ3) is 2.87. The fourth-order valence-electron chi connectivity index (χ4n) is 2.23. The normalized spacial score (nSPS) is 19.3. The van der Waals surface area contributed by atoms with Crippen LogP contribution in [0.3, 0.4) is 0 Å². The minimum absolute atomic E-state index is 0.144. The molecular weight excluding hydrogens is 273 g/mol. The largest absolute Gasteiger partial charge is 0.480 e. The van der Waals surface area contributed by atoms with Crippen LogP contribution in [0.15, 0.2) is 18.2 Å². The highest BCUT2D eigenvalue weighted by molar-refractivity contribution is 6.31. The second-order valence-electron chi connectivity index (χ2n) is 4.48. The number of hydrogen-bond donors (Lipinski definition) is 1. The van der Waals surface area contributed by atoms with Gasteiger partial charge in [0.1, 0.15) is 11.9 Å². The number of hydrogen-bond acceptors (Lipinski definition) is 2. The molecule has 1 aromatic rings. The number of carboxylic acids is 1. The molecule has 0 radical (unpaired) electrons. The number of benzene rings is 1. The van der Waals surface area contributed by atoms with E-state index in [0.29, 0.717) is 13.0 Å². The molecule has 1 saturated heterocycles. The molecule has 6 heteroatoms. The summed E-state index contributed by atoms with van der Waals surface area (Å²) in [6.45, 7) is 0.394. The number of halogens is 2. The van der Waals surface area contributed by atoms with Crippen LogP contribution < -0.4 is 0 Å². The smallest absolute Gasteiger partial charge is 0.326 e.